The van der Waals surface area contributed by atoms with Gasteiger partial charge in [0.2, 0.25) is 5.95 Å². The van der Waals surface area contributed by atoms with Crippen molar-refractivity contribution in [3.8, 4) is 0 Å². The first-order valence-corrected chi connectivity index (χ1v) is 10.3. The standard InChI is InChI=1S/C20H24ClFN6/c1-2-3-4-5-14-10-23-20(24-11-14)27-8-6-15(7-9-27)28-12-16(22)17-18(21)25-13-26-19(17)28/h10-13,15H,2-9H2,1H3. The number of rotatable bonds is 6. The van der Waals surface area contributed by atoms with Crippen LogP contribution < -0.4 is 4.90 Å². The van der Waals surface area contributed by atoms with Gasteiger partial charge in [0.05, 0.1) is 5.39 Å². The largest absolute Gasteiger partial charge is 0.341 e. The number of fused-ring (bicyclic) bond motifs is 1. The Bertz CT molecular complexity index is 934. The van der Waals surface area contributed by atoms with E-state index >= 15 is 0 Å². The summed E-state index contributed by atoms with van der Waals surface area (Å²) < 4.78 is 16.2. The summed E-state index contributed by atoms with van der Waals surface area (Å²) >= 11 is 6.04. The number of aryl methyl sites for hydroxylation is 1. The highest BCUT2D eigenvalue weighted by molar-refractivity contribution is 6.34. The van der Waals surface area contributed by atoms with Crippen molar-refractivity contribution in [3.63, 3.8) is 0 Å². The van der Waals surface area contributed by atoms with Crippen LogP contribution in [0.4, 0.5) is 10.3 Å². The van der Waals surface area contributed by atoms with Crippen molar-refractivity contribution in [2.24, 2.45) is 0 Å². The molecule has 0 bridgehead atoms. The molecule has 1 saturated heterocycles. The molecule has 1 aliphatic rings. The highest BCUT2D eigenvalue weighted by Crippen LogP contribution is 2.31. The van der Waals surface area contributed by atoms with Crippen molar-refractivity contribution >= 4 is 28.6 Å². The smallest absolute Gasteiger partial charge is 0.225 e. The fourth-order valence-electron chi connectivity index (χ4n) is 3.85. The van der Waals surface area contributed by atoms with Gasteiger partial charge in [-0.25, -0.2) is 24.3 Å². The quantitative estimate of drug-likeness (QED) is 0.446. The Morgan fingerprint density at radius 2 is 1.86 bits per heavy atom. The predicted molar refractivity (Wildman–Crippen MR) is 108 cm³/mol. The zero-order valence-corrected chi connectivity index (χ0v) is 16.7. The number of piperidine rings is 1. The van der Waals surface area contributed by atoms with Crippen LogP contribution in [0, 0.1) is 5.82 Å². The third kappa shape index (κ3) is 3.81. The van der Waals surface area contributed by atoms with Gasteiger partial charge in [-0.05, 0) is 31.2 Å². The predicted octanol–water partition coefficient (Wildman–Crippen LogP) is 4.59. The Balaban J connectivity index is 1.42. The Labute approximate surface area is 168 Å². The van der Waals surface area contributed by atoms with E-state index in [0.29, 0.717) is 11.0 Å². The Kier molecular flexibility index (Phi) is 5.71. The summed E-state index contributed by atoms with van der Waals surface area (Å²) in [6.07, 6.45) is 13.2. The molecular formula is C20H24ClFN6. The maximum absolute atomic E-state index is 14.3. The van der Waals surface area contributed by atoms with Crippen LogP contribution in [0.15, 0.2) is 24.9 Å². The third-order valence-corrected chi connectivity index (χ3v) is 5.70. The zero-order chi connectivity index (χ0) is 19.5. The summed E-state index contributed by atoms with van der Waals surface area (Å²) in [7, 11) is 0. The van der Waals surface area contributed by atoms with E-state index in [4.69, 9.17) is 11.6 Å². The van der Waals surface area contributed by atoms with Gasteiger partial charge in [0, 0.05) is 37.7 Å². The first-order chi connectivity index (χ1) is 13.7. The lowest BCUT2D eigenvalue weighted by Crippen LogP contribution is -2.35. The van der Waals surface area contributed by atoms with E-state index in [1.165, 1.54) is 37.4 Å². The molecule has 3 aromatic rings. The topological polar surface area (TPSA) is 59.7 Å². The van der Waals surface area contributed by atoms with E-state index in [0.717, 1.165) is 38.3 Å². The molecule has 0 radical (unpaired) electrons. The molecule has 0 aliphatic carbocycles. The van der Waals surface area contributed by atoms with Crippen LogP contribution >= 0.6 is 11.6 Å². The summed E-state index contributed by atoms with van der Waals surface area (Å²) in [6.45, 7) is 3.84. The number of aromatic nitrogens is 5. The van der Waals surface area contributed by atoms with Gasteiger partial charge >= 0.3 is 0 Å². The maximum Gasteiger partial charge on any atom is 0.225 e. The van der Waals surface area contributed by atoms with Crippen LogP contribution in [0.2, 0.25) is 5.15 Å². The summed E-state index contributed by atoms with van der Waals surface area (Å²) in [5.74, 6) is 0.400. The molecule has 1 aliphatic heterocycles. The van der Waals surface area contributed by atoms with Gasteiger partial charge in [-0.15, -0.1) is 0 Å². The summed E-state index contributed by atoms with van der Waals surface area (Å²) in [6, 6.07) is 0.169. The van der Waals surface area contributed by atoms with Crippen LogP contribution in [-0.4, -0.2) is 37.6 Å². The number of halogens is 2. The molecule has 0 amide bonds. The van der Waals surface area contributed by atoms with E-state index in [2.05, 4.69) is 31.8 Å². The molecular weight excluding hydrogens is 379 g/mol. The second kappa shape index (κ2) is 8.39. The monoisotopic (exact) mass is 402 g/mol. The molecule has 4 heterocycles. The van der Waals surface area contributed by atoms with E-state index in [-0.39, 0.29) is 17.0 Å². The van der Waals surface area contributed by atoms with Crippen LogP contribution in [0.3, 0.4) is 0 Å². The Morgan fingerprint density at radius 3 is 2.57 bits per heavy atom. The van der Waals surface area contributed by atoms with Gasteiger partial charge in [0.25, 0.3) is 0 Å². The van der Waals surface area contributed by atoms with Crippen LogP contribution in [0.1, 0.15) is 50.6 Å². The van der Waals surface area contributed by atoms with Gasteiger partial charge in [0.15, 0.2) is 5.82 Å². The van der Waals surface area contributed by atoms with Gasteiger partial charge in [-0.3, -0.25) is 0 Å². The van der Waals surface area contributed by atoms with Crippen molar-refractivity contribution < 1.29 is 4.39 Å². The minimum atomic E-state index is -0.370. The van der Waals surface area contributed by atoms with Crippen molar-refractivity contribution in [2.45, 2.75) is 51.5 Å². The van der Waals surface area contributed by atoms with Gasteiger partial charge in [0.1, 0.15) is 17.1 Å². The molecule has 3 aromatic heterocycles. The molecule has 0 spiro atoms. The molecule has 4 rings (SSSR count). The first-order valence-electron chi connectivity index (χ1n) is 9.89. The lowest BCUT2D eigenvalue weighted by Gasteiger charge is -2.32. The van der Waals surface area contributed by atoms with Crippen molar-refractivity contribution in [1.82, 2.24) is 24.5 Å². The number of anilines is 1. The average Bonchev–Trinajstić information content (AvgIpc) is 3.07. The summed E-state index contributed by atoms with van der Waals surface area (Å²) in [5.41, 5.74) is 1.75. The highest BCUT2D eigenvalue weighted by atomic mass is 35.5. The average molecular weight is 403 g/mol. The molecule has 0 aromatic carbocycles. The number of nitrogens with zero attached hydrogens (tertiary/aromatic N) is 6. The Hall–Kier alpha value is -2.28. The first kappa shape index (κ1) is 19.1. The van der Waals surface area contributed by atoms with Crippen molar-refractivity contribution in [2.75, 3.05) is 18.0 Å². The summed E-state index contributed by atoms with van der Waals surface area (Å²) in [4.78, 5) is 19.4. The van der Waals surface area contributed by atoms with E-state index in [1.807, 2.05) is 17.0 Å². The normalized spacial score (nSPS) is 15.5. The minimum Gasteiger partial charge on any atom is -0.341 e. The fourth-order valence-corrected chi connectivity index (χ4v) is 4.06. The fraction of sp³-hybridized carbons (Fsp3) is 0.500. The number of hydrogen-bond donors (Lipinski definition) is 0. The zero-order valence-electron chi connectivity index (χ0n) is 16.0. The molecule has 1 fully saturated rings. The molecule has 0 unspecified atom stereocenters. The number of hydrogen-bond acceptors (Lipinski definition) is 5. The number of unbranched alkanes of at least 4 members (excludes halogenated alkanes) is 2. The molecule has 6 nitrogen and oxygen atoms in total. The molecule has 148 valence electrons. The van der Waals surface area contributed by atoms with E-state index in [1.54, 1.807) is 0 Å². The van der Waals surface area contributed by atoms with Crippen molar-refractivity contribution in [1.29, 1.82) is 0 Å². The second-order valence-corrected chi connectivity index (χ2v) is 7.67. The lowest BCUT2D eigenvalue weighted by atomic mass is 10.1. The molecule has 0 N–H and O–H groups in total. The molecule has 0 saturated carbocycles. The van der Waals surface area contributed by atoms with Crippen LogP contribution in [0.25, 0.3) is 11.0 Å². The van der Waals surface area contributed by atoms with Gasteiger partial charge < -0.3 is 9.47 Å². The van der Waals surface area contributed by atoms with E-state index in [9.17, 15) is 4.39 Å². The summed E-state index contributed by atoms with van der Waals surface area (Å²) in [5, 5.41) is 0.458. The molecule has 28 heavy (non-hydrogen) atoms. The van der Waals surface area contributed by atoms with Gasteiger partial charge in [-0.1, -0.05) is 31.4 Å². The highest BCUT2D eigenvalue weighted by Gasteiger charge is 2.25. The molecule has 8 heteroatoms. The third-order valence-electron chi connectivity index (χ3n) is 5.42. The minimum absolute atomic E-state index is 0.158. The SMILES string of the molecule is CCCCCc1cnc(N2CCC(n3cc(F)c4c(Cl)ncnc43)CC2)nc1. The van der Waals surface area contributed by atoms with Gasteiger partial charge in [-0.2, -0.15) is 0 Å². The van der Waals surface area contributed by atoms with E-state index < -0.39 is 0 Å². The Morgan fingerprint density at radius 1 is 1.11 bits per heavy atom. The van der Waals surface area contributed by atoms with Crippen LogP contribution in [-0.2, 0) is 6.42 Å². The second-order valence-electron chi connectivity index (χ2n) is 7.31. The van der Waals surface area contributed by atoms with Crippen LogP contribution in [0.5, 0.6) is 0 Å². The molecule has 0 atom stereocenters. The maximum atomic E-state index is 14.3. The van der Waals surface area contributed by atoms with Crippen molar-refractivity contribution in [3.05, 3.63) is 41.5 Å². The lowest BCUT2D eigenvalue weighted by molar-refractivity contribution is 0.398.